The average molecular weight is 617 g/mol. The van der Waals surface area contributed by atoms with Crippen molar-refractivity contribution >= 4 is 23.4 Å². The first-order chi connectivity index (χ1) is 20.6. The van der Waals surface area contributed by atoms with Crippen molar-refractivity contribution in [1.29, 1.82) is 0 Å². The molecule has 0 saturated heterocycles. The third kappa shape index (κ3) is 8.33. The summed E-state index contributed by atoms with van der Waals surface area (Å²) < 4.78 is 95.5. The molecule has 0 saturated carbocycles. The van der Waals surface area contributed by atoms with Crippen LogP contribution in [0.25, 0.3) is 33.0 Å². The van der Waals surface area contributed by atoms with Crippen LogP contribution >= 0.6 is 12.6 Å². The molecule has 43 heavy (non-hydrogen) atoms. The molecular formula is C34H27F7OS. The molecule has 0 radical (unpaired) electrons. The van der Waals surface area contributed by atoms with Crippen molar-refractivity contribution in [3.8, 4) is 40.3 Å². The van der Waals surface area contributed by atoms with Gasteiger partial charge in [0, 0.05) is 10.9 Å². The third-order valence-electron chi connectivity index (χ3n) is 6.03. The molecule has 5 aromatic rings. The number of methoxy groups -OCH3 is 1. The first-order valence-electron chi connectivity index (χ1n) is 12.4. The van der Waals surface area contributed by atoms with E-state index < -0.39 is 34.9 Å². The maximum atomic E-state index is 14.3. The summed E-state index contributed by atoms with van der Waals surface area (Å²) in [5, 5.41) is 0.712. The predicted molar refractivity (Wildman–Crippen MR) is 162 cm³/mol. The minimum atomic E-state index is -1.56. The van der Waals surface area contributed by atoms with Crippen molar-refractivity contribution in [2.75, 3.05) is 20.5 Å². The van der Waals surface area contributed by atoms with Gasteiger partial charge in [-0.2, -0.15) is 12.6 Å². The maximum Gasteiger partial charge on any atom is 0.194 e. The fraction of sp³-hybridized carbons (Fsp3) is 0.118. The molecule has 9 heteroatoms. The van der Waals surface area contributed by atoms with Crippen LogP contribution in [-0.4, -0.2) is 20.5 Å². The minimum absolute atomic E-state index is 0.0126. The topological polar surface area (TPSA) is 9.23 Å². The molecule has 0 aliphatic rings. The summed E-state index contributed by atoms with van der Waals surface area (Å²) in [7, 11) is 1.99. The van der Waals surface area contributed by atoms with Crippen LogP contribution in [0.1, 0.15) is 11.1 Å². The second-order valence-electron chi connectivity index (χ2n) is 8.59. The Kier molecular flexibility index (Phi) is 13.2. The number of thiol groups is 1. The smallest absolute Gasteiger partial charge is 0.194 e. The Bertz CT molecular complexity index is 1710. The molecule has 0 heterocycles. The Morgan fingerprint density at radius 3 is 1.72 bits per heavy atom. The van der Waals surface area contributed by atoms with Crippen molar-refractivity contribution in [3.63, 3.8) is 0 Å². The lowest BCUT2D eigenvalue weighted by atomic mass is 9.99. The Hall–Kier alpha value is -4.42. The van der Waals surface area contributed by atoms with Gasteiger partial charge in [0.2, 0.25) is 0 Å². The zero-order valence-corrected chi connectivity index (χ0v) is 24.5. The Morgan fingerprint density at radius 2 is 1.19 bits per heavy atom. The summed E-state index contributed by atoms with van der Waals surface area (Å²) in [6, 6.07) is 19.4. The zero-order chi connectivity index (χ0) is 32.3. The second-order valence-corrected chi connectivity index (χ2v) is 8.59. The molecule has 0 aliphatic carbocycles. The number of ether oxygens (including phenoxy) is 1. The first kappa shape index (κ1) is 34.8. The van der Waals surface area contributed by atoms with Gasteiger partial charge < -0.3 is 4.74 Å². The van der Waals surface area contributed by atoms with Gasteiger partial charge in [0.25, 0.3) is 0 Å². The molecule has 0 amide bonds. The summed E-state index contributed by atoms with van der Waals surface area (Å²) in [6.07, 6.45) is 6.74. The largest absolute Gasteiger partial charge is 0.497 e. The summed E-state index contributed by atoms with van der Waals surface area (Å²) in [6.45, 7) is 1.95. The second kappa shape index (κ2) is 16.3. The van der Waals surface area contributed by atoms with Crippen molar-refractivity contribution in [1.82, 2.24) is 0 Å². The molecular weight excluding hydrogens is 589 g/mol. The Labute approximate surface area is 251 Å². The summed E-state index contributed by atoms with van der Waals surface area (Å²) in [4.78, 5) is 0. The van der Waals surface area contributed by atoms with E-state index in [0.717, 1.165) is 23.3 Å². The zero-order valence-electron chi connectivity index (χ0n) is 23.6. The van der Waals surface area contributed by atoms with E-state index in [1.54, 1.807) is 24.5 Å². The molecule has 0 aromatic heterocycles. The lowest BCUT2D eigenvalue weighted by Gasteiger charge is -2.08. The van der Waals surface area contributed by atoms with Crippen LogP contribution in [-0.2, 0) is 0 Å². The fourth-order valence-electron chi connectivity index (χ4n) is 3.95. The SMILES string of the molecule is C#Cc1c(F)cc2cc(OC)ccc2c1F.CF.CS.Cc1ccc(-c2ccc(-c3cc(F)c(F)c(F)c3)c(F)c2)cc1. The van der Waals surface area contributed by atoms with E-state index in [4.69, 9.17) is 11.2 Å². The van der Waals surface area contributed by atoms with Crippen LogP contribution in [0.3, 0.4) is 0 Å². The summed E-state index contributed by atoms with van der Waals surface area (Å²) >= 11 is 3.53. The van der Waals surface area contributed by atoms with E-state index in [2.05, 4.69) is 12.6 Å². The molecule has 0 spiro atoms. The van der Waals surface area contributed by atoms with E-state index in [9.17, 15) is 30.7 Å². The molecule has 0 atom stereocenters. The molecule has 0 bridgehead atoms. The molecule has 0 unspecified atom stereocenters. The van der Waals surface area contributed by atoms with Gasteiger partial charge in [-0.1, -0.05) is 47.9 Å². The van der Waals surface area contributed by atoms with Crippen molar-refractivity contribution in [2.24, 2.45) is 0 Å². The lowest BCUT2D eigenvalue weighted by molar-refractivity contribution is 0.415. The highest BCUT2D eigenvalue weighted by atomic mass is 32.1. The van der Waals surface area contributed by atoms with Gasteiger partial charge in [-0.3, -0.25) is 4.39 Å². The number of hydrogen-bond acceptors (Lipinski definition) is 2. The number of benzene rings is 5. The number of alkyl halides is 1. The van der Waals surface area contributed by atoms with E-state index in [1.807, 2.05) is 37.1 Å². The van der Waals surface area contributed by atoms with Gasteiger partial charge in [0.05, 0.1) is 19.9 Å². The molecule has 5 rings (SSSR count). The van der Waals surface area contributed by atoms with Crippen LogP contribution in [0.15, 0.2) is 78.9 Å². The van der Waals surface area contributed by atoms with E-state index in [1.165, 1.54) is 31.4 Å². The van der Waals surface area contributed by atoms with E-state index in [-0.39, 0.29) is 22.1 Å². The van der Waals surface area contributed by atoms with Gasteiger partial charge in [-0.05, 0) is 77.7 Å². The highest BCUT2D eigenvalue weighted by Crippen LogP contribution is 2.30. The molecule has 0 fully saturated rings. The van der Waals surface area contributed by atoms with Gasteiger partial charge in [0.15, 0.2) is 17.5 Å². The summed E-state index contributed by atoms with van der Waals surface area (Å²) in [5.74, 6) is -3.79. The number of hydrogen-bond donors (Lipinski definition) is 1. The predicted octanol–water partition coefficient (Wildman–Crippen LogP) is 10.1. The quantitative estimate of drug-likeness (QED) is 0.0919. The molecule has 1 nitrogen and oxygen atoms in total. The van der Waals surface area contributed by atoms with Crippen LogP contribution in [0.4, 0.5) is 30.7 Å². The van der Waals surface area contributed by atoms with Gasteiger partial charge in [0.1, 0.15) is 23.2 Å². The standard InChI is InChI=1S/C19H12F4.C13H8F2O.CH3F.CH4S/c1-11-2-4-12(5-3-11)13-6-7-15(16(20)8-13)14-9-17(21)19(23)18(22)10-14;1-3-10-12(14)7-8-6-9(16-2)4-5-11(8)13(10)15;2*1-2/h2-10H,1H3;1,4-7H,2H3;1H3;2H,1H3. The highest BCUT2D eigenvalue weighted by molar-refractivity contribution is 7.79. The maximum absolute atomic E-state index is 14.3. The van der Waals surface area contributed by atoms with Crippen LogP contribution in [0.2, 0.25) is 0 Å². The number of fused-ring (bicyclic) bond motifs is 1. The van der Waals surface area contributed by atoms with Crippen LogP contribution < -0.4 is 4.74 Å². The number of terminal acetylenes is 1. The third-order valence-corrected chi connectivity index (χ3v) is 6.03. The van der Waals surface area contributed by atoms with Crippen LogP contribution in [0, 0.1) is 54.2 Å². The van der Waals surface area contributed by atoms with Gasteiger partial charge in [-0.25, -0.2) is 26.3 Å². The number of rotatable bonds is 3. The van der Waals surface area contributed by atoms with Crippen molar-refractivity contribution in [3.05, 3.63) is 125 Å². The molecule has 0 N–H and O–H groups in total. The highest BCUT2D eigenvalue weighted by Gasteiger charge is 2.15. The van der Waals surface area contributed by atoms with E-state index in [0.29, 0.717) is 23.9 Å². The van der Waals surface area contributed by atoms with Crippen LogP contribution in [0.5, 0.6) is 5.75 Å². The van der Waals surface area contributed by atoms with Gasteiger partial charge >= 0.3 is 0 Å². The fourth-order valence-corrected chi connectivity index (χ4v) is 3.95. The molecule has 0 aliphatic heterocycles. The van der Waals surface area contributed by atoms with Crippen molar-refractivity contribution < 1.29 is 35.5 Å². The first-order valence-corrected chi connectivity index (χ1v) is 13.3. The normalized spacial score (nSPS) is 9.84. The molecule has 5 aromatic carbocycles. The lowest BCUT2D eigenvalue weighted by Crippen LogP contribution is -1.94. The average Bonchev–Trinajstić information content (AvgIpc) is 3.02. The van der Waals surface area contributed by atoms with Gasteiger partial charge in [-0.15, -0.1) is 6.42 Å². The minimum Gasteiger partial charge on any atom is -0.497 e. The Balaban J connectivity index is 0.000000283. The molecule has 224 valence electrons. The van der Waals surface area contributed by atoms with E-state index >= 15 is 0 Å². The Morgan fingerprint density at radius 1 is 0.628 bits per heavy atom. The summed E-state index contributed by atoms with van der Waals surface area (Å²) in [5.41, 5.74) is 2.20. The van der Waals surface area contributed by atoms with Crippen molar-refractivity contribution in [2.45, 2.75) is 6.92 Å². The number of aryl methyl sites for hydroxylation is 1. The monoisotopic (exact) mass is 616 g/mol. The number of halogens is 7.